The van der Waals surface area contributed by atoms with Crippen LogP contribution in [-0.4, -0.2) is 95.3 Å². The van der Waals surface area contributed by atoms with Gasteiger partial charge >= 0.3 is 53.3 Å². The van der Waals surface area contributed by atoms with E-state index in [4.69, 9.17) is 18.9 Å². The largest absolute Gasteiger partial charge is 0.497 e. The third-order valence-electron chi connectivity index (χ3n) is 11.0. The van der Waals surface area contributed by atoms with Gasteiger partial charge in [-0.1, -0.05) is 48.5 Å². The highest BCUT2D eigenvalue weighted by Gasteiger charge is 2.95. The Morgan fingerprint density at radius 3 is 1.49 bits per heavy atom. The van der Waals surface area contributed by atoms with E-state index in [0.29, 0.717) is 11.5 Å². The molecule has 2 N–H and O–H groups in total. The molecule has 26 heteroatoms. The van der Waals surface area contributed by atoms with E-state index < -0.39 is 108 Å². The molecular weight excluding hydrogens is 955 g/mol. The minimum atomic E-state index is -8.73. The zero-order valence-electron chi connectivity index (χ0n) is 34.3. The van der Waals surface area contributed by atoms with Crippen LogP contribution in [0, 0.1) is 6.92 Å². The van der Waals surface area contributed by atoms with Crippen LogP contribution >= 0.6 is 0 Å². The standard InChI is InChI=1S/C41H35F17N2O7/c1-21-19-60(32(63)59-31(21)62)30-18-28(61)29(67-30)20-66-34(24-8-12-26(64-2)13-9-24,25-10-14-27(65-3)15-11-25)23-6-4-22(5-7-23)16-17-33(42,43)35(44,45)36(46,47)37(48,49)38(50,51)39(52,53)40(54,55)41(56,57)58/h4-15,19,28-30,61H,16-18,20H2,1-3H3,(H,59,62,63)/t28-,29+,30+/m0/s1. The summed E-state index contributed by atoms with van der Waals surface area (Å²) in [7, 11) is 2.68. The van der Waals surface area contributed by atoms with E-state index in [2.05, 4.69) is 4.98 Å². The highest BCUT2D eigenvalue weighted by molar-refractivity contribution is 5.50. The van der Waals surface area contributed by atoms with Crippen molar-refractivity contribution in [2.45, 2.75) is 97.9 Å². The lowest BCUT2D eigenvalue weighted by molar-refractivity contribution is -0.461. The van der Waals surface area contributed by atoms with Crippen LogP contribution < -0.4 is 20.7 Å². The monoisotopic (exact) mass is 990 g/mol. The molecule has 1 fully saturated rings. The number of alkyl halides is 17. The second-order valence-corrected chi connectivity index (χ2v) is 15.2. The number of hydrogen-bond acceptors (Lipinski definition) is 7. The van der Waals surface area contributed by atoms with Crippen LogP contribution in [0.3, 0.4) is 0 Å². The number of aryl methyl sites for hydroxylation is 2. The van der Waals surface area contributed by atoms with Gasteiger partial charge in [0.2, 0.25) is 0 Å². The second kappa shape index (κ2) is 17.9. The van der Waals surface area contributed by atoms with Crippen LogP contribution in [0.15, 0.2) is 88.6 Å². The van der Waals surface area contributed by atoms with Crippen molar-refractivity contribution < 1.29 is 98.7 Å². The van der Waals surface area contributed by atoms with E-state index in [0.717, 1.165) is 28.8 Å². The summed E-state index contributed by atoms with van der Waals surface area (Å²) in [6.07, 6.45) is -14.7. The van der Waals surface area contributed by atoms with Gasteiger partial charge in [0, 0.05) is 24.6 Å². The lowest BCUT2D eigenvalue weighted by Gasteiger charge is -2.42. The molecule has 1 saturated heterocycles. The molecule has 1 aliphatic rings. The van der Waals surface area contributed by atoms with E-state index in [1.807, 2.05) is 0 Å². The van der Waals surface area contributed by atoms with Gasteiger partial charge in [0.05, 0.1) is 26.9 Å². The van der Waals surface area contributed by atoms with Crippen LogP contribution in [0.4, 0.5) is 74.6 Å². The Morgan fingerprint density at radius 1 is 0.642 bits per heavy atom. The maximum atomic E-state index is 14.9. The molecule has 5 rings (SSSR count). The zero-order valence-corrected chi connectivity index (χ0v) is 34.3. The number of aromatic nitrogens is 2. The molecule has 0 amide bonds. The topological polar surface area (TPSA) is 112 Å². The molecule has 1 aromatic heterocycles. The van der Waals surface area contributed by atoms with Gasteiger partial charge in [0.1, 0.15) is 29.4 Å². The fourth-order valence-electron chi connectivity index (χ4n) is 7.01. The summed E-state index contributed by atoms with van der Waals surface area (Å²) in [5.74, 6) is -56.5. The molecular formula is C41H35F17N2O7. The van der Waals surface area contributed by atoms with Gasteiger partial charge in [0.25, 0.3) is 5.56 Å². The molecule has 370 valence electrons. The summed E-state index contributed by atoms with van der Waals surface area (Å²) in [6, 6.07) is 15.9. The summed E-state index contributed by atoms with van der Waals surface area (Å²) in [5, 5.41) is 11.1. The first-order valence-electron chi connectivity index (χ1n) is 19.1. The first kappa shape index (κ1) is 52.6. The van der Waals surface area contributed by atoms with Crippen molar-refractivity contribution in [2.24, 2.45) is 0 Å². The van der Waals surface area contributed by atoms with Crippen molar-refractivity contribution in [3.8, 4) is 11.5 Å². The number of aliphatic hydroxyl groups is 1. The molecule has 4 aromatic rings. The molecule has 67 heavy (non-hydrogen) atoms. The third kappa shape index (κ3) is 8.83. The van der Waals surface area contributed by atoms with Crippen LogP contribution in [0.2, 0.25) is 0 Å². The number of benzene rings is 3. The second-order valence-electron chi connectivity index (χ2n) is 15.2. The summed E-state index contributed by atoms with van der Waals surface area (Å²) in [6.45, 7) is 0.886. The van der Waals surface area contributed by atoms with E-state index in [-0.39, 0.29) is 28.7 Å². The zero-order chi connectivity index (χ0) is 50.6. The first-order valence-corrected chi connectivity index (χ1v) is 19.1. The van der Waals surface area contributed by atoms with Gasteiger partial charge in [0.15, 0.2) is 0 Å². The van der Waals surface area contributed by atoms with Crippen molar-refractivity contribution in [1.29, 1.82) is 0 Å². The number of nitrogens with zero attached hydrogens (tertiary/aromatic N) is 1. The Kier molecular flexibility index (Phi) is 14.1. The third-order valence-corrected chi connectivity index (χ3v) is 11.0. The minimum absolute atomic E-state index is 0.0465. The van der Waals surface area contributed by atoms with Crippen molar-refractivity contribution in [2.75, 3.05) is 20.8 Å². The smallest absolute Gasteiger partial charge is 0.460 e. The molecule has 0 unspecified atom stereocenters. The molecule has 2 heterocycles. The molecule has 0 aliphatic carbocycles. The number of methoxy groups -OCH3 is 2. The minimum Gasteiger partial charge on any atom is -0.497 e. The van der Waals surface area contributed by atoms with E-state index in [1.165, 1.54) is 75.9 Å². The number of rotatable bonds is 18. The lowest BCUT2D eigenvalue weighted by Crippen LogP contribution is -2.74. The first-order chi connectivity index (χ1) is 30.7. The molecule has 0 bridgehead atoms. The van der Waals surface area contributed by atoms with Gasteiger partial charge in [-0.15, -0.1) is 0 Å². The van der Waals surface area contributed by atoms with Crippen molar-refractivity contribution in [3.05, 3.63) is 128 Å². The number of hydrogen-bond donors (Lipinski definition) is 2. The number of H-pyrrole nitrogens is 1. The van der Waals surface area contributed by atoms with Crippen LogP contribution in [-0.2, 0) is 21.5 Å². The fraction of sp³-hybridized carbons (Fsp3) is 0.463. The van der Waals surface area contributed by atoms with Gasteiger partial charge < -0.3 is 24.1 Å². The van der Waals surface area contributed by atoms with Crippen LogP contribution in [0.1, 0.15) is 46.9 Å². The predicted molar refractivity (Wildman–Crippen MR) is 198 cm³/mol. The summed E-state index contributed by atoms with van der Waals surface area (Å²) in [5.41, 5.74) is -3.24. The van der Waals surface area contributed by atoms with Crippen molar-refractivity contribution in [1.82, 2.24) is 9.55 Å². The Balaban J connectivity index is 1.50. The average molecular weight is 991 g/mol. The maximum Gasteiger partial charge on any atom is 0.460 e. The fourth-order valence-corrected chi connectivity index (χ4v) is 7.01. The van der Waals surface area contributed by atoms with Crippen LogP contribution in [0.5, 0.6) is 11.5 Å². The number of ether oxygens (including phenoxy) is 4. The number of aromatic amines is 1. The molecule has 3 atom stereocenters. The van der Waals surface area contributed by atoms with Gasteiger partial charge in [-0.25, -0.2) is 4.79 Å². The highest BCUT2D eigenvalue weighted by Crippen LogP contribution is 2.64. The van der Waals surface area contributed by atoms with E-state index in [9.17, 15) is 89.3 Å². The molecule has 3 aromatic carbocycles. The molecule has 0 radical (unpaired) electrons. The number of halogens is 17. The summed E-state index contributed by atoms with van der Waals surface area (Å²) < 4.78 is 260. The number of aliphatic hydroxyl groups excluding tert-OH is 1. The van der Waals surface area contributed by atoms with Gasteiger partial charge in [-0.05, 0) is 59.9 Å². The maximum absolute atomic E-state index is 14.9. The van der Waals surface area contributed by atoms with Crippen molar-refractivity contribution >= 4 is 0 Å². The SMILES string of the molecule is COc1ccc(C(OC[C@H]2O[C@@H](n3cc(C)c(=O)[nH]c3=O)C[C@@H]2O)(c2ccc(CCC(F)(F)C(F)(F)C(F)(F)C(F)(F)C(F)(F)C(F)(F)C(F)(F)C(F)(F)F)cc2)c2ccc(OC)cc2)cc1. The van der Waals surface area contributed by atoms with E-state index in [1.54, 1.807) is 0 Å². The van der Waals surface area contributed by atoms with Crippen LogP contribution in [0.25, 0.3) is 0 Å². The molecule has 0 spiro atoms. The highest BCUT2D eigenvalue weighted by atomic mass is 19.4. The Bertz CT molecular complexity index is 2430. The van der Waals surface area contributed by atoms with Gasteiger partial charge in [-0.3, -0.25) is 14.3 Å². The van der Waals surface area contributed by atoms with E-state index >= 15 is 0 Å². The Hall–Kier alpha value is -5.37. The van der Waals surface area contributed by atoms with Crippen molar-refractivity contribution in [3.63, 3.8) is 0 Å². The molecule has 1 aliphatic heterocycles. The average Bonchev–Trinajstić information content (AvgIpc) is 3.63. The summed E-state index contributed by atoms with van der Waals surface area (Å²) >= 11 is 0. The normalized spacial score (nSPS) is 18.3. The number of nitrogens with one attached hydrogen (secondary N) is 1. The van der Waals surface area contributed by atoms with Gasteiger partial charge in [-0.2, -0.15) is 74.6 Å². The lowest BCUT2D eigenvalue weighted by atomic mass is 9.79. The Labute approximate surface area is 366 Å². The Morgan fingerprint density at radius 2 is 1.06 bits per heavy atom. The predicted octanol–water partition coefficient (Wildman–Crippen LogP) is 9.46. The molecule has 9 nitrogen and oxygen atoms in total. The quantitative estimate of drug-likeness (QED) is 0.0755. The summed E-state index contributed by atoms with van der Waals surface area (Å²) in [4.78, 5) is 26.7. The molecule has 0 saturated carbocycles.